The fourth-order valence-electron chi connectivity index (χ4n) is 1.72. The van der Waals surface area contributed by atoms with Crippen LogP contribution in [-0.2, 0) is 6.54 Å². The number of halogens is 2. The molecule has 0 bridgehead atoms. The predicted molar refractivity (Wildman–Crippen MR) is 90.1 cm³/mol. The standard InChI is InChI=1S/C16H18BrClN2O/c1-16(2,3)20-8-11-6-12(17)4-5-15(11)21-14-7-13(18)9-19-10-14/h4-7,9-10,20H,8H2,1-3H3. The summed E-state index contributed by atoms with van der Waals surface area (Å²) in [4.78, 5) is 4.03. The van der Waals surface area contributed by atoms with E-state index in [1.165, 1.54) is 0 Å². The van der Waals surface area contributed by atoms with Crippen LogP contribution in [-0.4, -0.2) is 10.5 Å². The van der Waals surface area contributed by atoms with Gasteiger partial charge in [-0.15, -0.1) is 0 Å². The molecule has 2 rings (SSSR count). The third-order valence-corrected chi connectivity index (χ3v) is 3.44. The molecule has 112 valence electrons. The van der Waals surface area contributed by atoms with Crippen molar-refractivity contribution in [3.05, 3.63) is 51.7 Å². The van der Waals surface area contributed by atoms with E-state index in [-0.39, 0.29) is 5.54 Å². The first-order valence-electron chi connectivity index (χ1n) is 6.65. The average molecular weight is 370 g/mol. The van der Waals surface area contributed by atoms with Crippen molar-refractivity contribution >= 4 is 27.5 Å². The highest BCUT2D eigenvalue weighted by atomic mass is 79.9. The Morgan fingerprint density at radius 2 is 2.00 bits per heavy atom. The SMILES string of the molecule is CC(C)(C)NCc1cc(Br)ccc1Oc1cncc(Cl)c1. The molecule has 0 fully saturated rings. The molecule has 0 saturated heterocycles. The molecule has 3 nitrogen and oxygen atoms in total. The van der Waals surface area contributed by atoms with Gasteiger partial charge in [-0.25, -0.2) is 0 Å². The Hall–Kier alpha value is -1.10. The van der Waals surface area contributed by atoms with E-state index in [1.54, 1.807) is 18.5 Å². The molecule has 0 radical (unpaired) electrons. The van der Waals surface area contributed by atoms with E-state index >= 15 is 0 Å². The van der Waals surface area contributed by atoms with Gasteiger partial charge in [-0.1, -0.05) is 27.5 Å². The molecule has 0 atom stereocenters. The summed E-state index contributed by atoms with van der Waals surface area (Å²) in [5, 5.41) is 4.02. The van der Waals surface area contributed by atoms with Crippen molar-refractivity contribution in [2.45, 2.75) is 32.9 Å². The second-order valence-corrected chi connectivity index (χ2v) is 7.15. The molecule has 1 heterocycles. The molecular formula is C16H18BrClN2O. The Balaban J connectivity index is 2.22. The van der Waals surface area contributed by atoms with Gasteiger partial charge in [0.25, 0.3) is 0 Å². The Labute approximate surface area is 138 Å². The number of aromatic nitrogens is 1. The highest BCUT2D eigenvalue weighted by Crippen LogP contribution is 2.29. The lowest BCUT2D eigenvalue weighted by molar-refractivity contribution is 0.414. The van der Waals surface area contributed by atoms with Crippen molar-refractivity contribution in [1.29, 1.82) is 0 Å². The zero-order valence-electron chi connectivity index (χ0n) is 12.3. The third-order valence-electron chi connectivity index (χ3n) is 2.74. The summed E-state index contributed by atoms with van der Waals surface area (Å²) in [6.45, 7) is 7.11. The van der Waals surface area contributed by atoms with Crippen molar-refractivity contribution in [3.8, 4) is 11.5 Å². The van der Waals surface area contributed by atoms with Crippen molar-refractivity contribution in [2.24, 2.45) is 0 Å². The molecule has 0 aliphatic carbocycles. The molecule has 0 amide bonds. The van der Waals surface area contributed by atoms with Gasteiger partial charge in [-0.05, 0) is 39.0 Å². The lowest BCUT2D eigenvalue weighted by atomic mass is 10.1. The molecule has 0 unspecified atom stereocenters. The number of nitrogens with zero attached hydrogens (tertiary/aromatic N) is 1. The third kappa shape index (κ3) is 5.30. The van der Waals surface area contributed by atoms with Gasteiger partial charge in [0, 0.05) is 34.4 Å². The molecule has 2 aromatic rings. The van der Waals surface area contributed by atoms with Gasteiger partial charge in [-0.3, -0.25) is 4.98 Å². The quantitative estimate of drug-likeness (QED) is 0.806. The summed E-state index contributed by atoms with van der Waals surface area (Å²) in [6, 6.07) is 7.68. The maximum Gasteiger partial charge on any atom is 0.147 e. The van der Waals surface area contributed by atoms with E-state index in [1.807, 2.05) is 18.2 Å². The number of rotatable bonds is 4. The number of benzene rings is 1. The smallest absolute Gasteiger partial charge is 0.147 e. The van der Waals surface area contributed by atoms with E-state index in [0.29, 0.717) is 17.3 Å². The lowest BCUT2D eigenvalue weighted by Crippen LogP contribution is -2.35. The summed E-state index contributed by atoms with van der Waals surface area (Å²) >= 11 is 9.43. The summed E-state index contributed by atoms with van der Waals surface area (Å²) in [6.07, 6.45) is 3.23. The van der Waals surface area contributed by atoms with Crippen LogP contribution in [0.4, 0.5) is 0 Å². The van der Waals surface area contributed by atoms with E-state index in [0.717, 1.165) is 15.8 Å². The highest BCUT2D eigenvalue weighted by molar-refractivity contribution is 9.10. The molecular weight excluding hydrogens is 352 g/mol. The largest absolute Gasteiger partial charge is 0.455 e. The zero-order chi connectivity index (χ0) is 15.5. The first kappa shape index (κ1) is 16.3. The molecule has 0 aliphatic heterocycles. The van der Waals surface area contributed by atoms with Crippen molar-refractivity contribution < 1.29 is 4.74 Å². The number of hydrogen-bond donors (Lipinski definition) is 1. The molecule has 5 heteroatoms. The molecule has 1 aromatic heterocycles. The predicted octanol–water partition coefficient (Wildman–Crippen LogP) is 5.18. The Morgan fingerprint density at radius 1 is 1.24 bits per heavy atom. The molecule has 0 saturated carbocycles. The minimum Gasteiger partial charge on any atom is -0.455 e. The maximum atomic E-state index is 5.93. The van der Waals surface area contributed by atoms with Crippen LogP contribution in [0.1, 0.15) is 26.3 Å². The van der Waals surface area contributed by atoms with E-state index in [9.17, 15) is 0 Å². The van der Waals surface area contributed by atoms with Crippen LogP contribution in [0, 0.1) is 0 Å². The molecule has 0 aliphatic rings. The van der Waals surface area contributed by atoms with Gasteiger partial charge in [-0.2, -0.15) is 0 Å². The number of nitrogens with one attached hydrogen (secondary N) is 1. The van der Waals surface area contributed by atoms with Gasteiger partial charge in [0.05, 0.1) is 11.2 Å². The first-order chi connectivity index (χ1) is 9.83. The minimum absolute atomic E-state index is 0.0389. The summed E-state index contributed by atoms with van der Waals surface area (Å²) in [5.74, 6) is 1.42. The lowest BCUT2D eigenvalue weighted by Gasteiger charge is -2.21. The topological polar surface area (TPSA) is 34.1 Å². The second-order valence-electron chi connectivity index (χ2n) is 5.80. The minimum atomic E-state index is 0.0389. The van der Waals surface area contributed by atoms with Crippen molar-refractivity contribution in [1.82, 2.24) is 10.3 Å². The number of pyridine rings is 1. The van der Waals surface area contributed by atoms with Crippen LogP contribution in [0.25, 0.3) is 0 Å². The summed E-state index contributed by atoms with van der Waals surface area (Å²) in [5.41, 5.74) is 1.11. The monoisotopic (exact) mass is 368 g/mol. The van der Waals surface area contributed by atoms with Crippen LogP contribution in [0.3, 0.4) is 0 Å². The second kappa shape index (κ2) is 6.77. The van der Waals surface area contributed by atoms with Gasteiger partial charge >= 0.3 is 0 Å². The highest BCUT2D eigenvalue weighted by Gasteiger charge is 2.12. The van der Waals surface area contributed by atoms with E-state index in [2.05, 4.69) is 47.0 Å². The molecule has 1 aromatic carbocycles. The molecule has 1 N–H and O–H groups in total. The van der Waals surface area contributed by atoms with Crippen LogP contribution in [0.5, 0.6) is 11.5 Å². The Bertz CT molecular complexity index is 626. The maximum absolute atomic E-state index is 5.93. The number of hydrogen-bond acceptors (Lipinski definition) is 3. The summed E-state index contributed by atoms with van der Waals surface area (Å²) in [7, 11) is 0. The Morgan fingerprint density at radius 3 is 2.67 bits per heavy atom. The normalized spacial score (nSPS) is 11.5. The van der Waals surface area contributed by atoms with E-state index in [4.69, 9.17) is 16.3 Å². The van der Waals surface area contributed by atoms with Crippen LogP contribution < -0.4 is 10.1 Å². The summed E-state index contributed by atoms with van der Waals surface area (Å²) < 4.78 is 6.92. The van der Waals surface area contributed by atoms with Gasteiger partial charge in [0.15, 0.2) is 0 Å². The molecule has 0 spiro atoms. The van der Waals surface area contributed by atoms with Crippen molar-refractivity contribution in [2.75, 3.05) is 0 Å². The molecule has 21 heavy (non-hydrogen) atoms. The van der Waals surface area contributed by atoms with Crippen LogP contribution in [0.15, 0.2) is 41.1 Å². The van der Waals surface area contributed by atoms with E-state index < -0.39 is 0 Å². The Kier molecular flexibility index (Phi) is 5.25. The van der Waals surface area contributed by atoms with Crippen LogP contribution >= 0.6 is 27.5 Å². The van der Waals surface area contributed by atoms with Gasteiger partial charge in [0.1, 0.15) is 11.5 Å². The van der Waals surface area contributed by atoms with Crippen molar-refractivity contribution in [3.63, 3.8) is 0 Å². The number of ether oxygens (including phenoxy) is 1. The van der Waals surface area contributed by atoms with Crippen LogP contribution in [0.2, 0.25) is 5.02 Å². The zero-order valence-corrected chi connectivity index (χ0v) is 14.6. The van der Waals surface area contributed by atoms with Gasteiger partial charge < -0.3 is 10.1 Å². The fourth-order valence-corrected chi connectivity index (χ4v) is 2.29. The van der Waals surface area contributed by atoms with Gasteiger partial charge in [0.2, 0.25) is 0 Å². The first-order valence-corrected chi connectivity index (χ1v) is 7.82. The average Bonchev–Trinajstić information content (AvgIpc) is 2.38. The fraction of sp³-hybridized carbons (Fsp3) is 0.312.